The van der Waals surface area contributed by atoms with Gasteiger partial charge in [-0.05, 0) is 31.5 Å². The summed E-state index contributed by atoms with van der Waals surface area (Å²) in [6, 6.07) is 7.62. The van der Waals surface area contributed by atoms with E-state index in [1.807, 2.05) is 45.2 Å². The van der Waals surface area contributed by atoms with Gasteiger partial charge in [-0.3, -0.25) is 9.48 Å². The van der Waals surface area contributed by atoms with Crippen LogP contribution >= 0.6 is 0 Å². The summed E-state index contributed by atoms with van der Waals surface area (Å²) in [5.74, 6) is 0.736. The number of ether oxygens (including phenoxy) is 1. The van der Waals surface area contributed by atoms with Crippen LogP contribution in [0.4, 0.5) is 5.69 Å². The summed E-state index contributed by atoms with van der Waals surface area (Å²) >= 11 is 0. The van der Waals surface area contributed by atoms with Gasteiger partial charge in [0.05, 0.1) is 5.69 Å². The maximum Gasteiger partial charge on any atom is 0.221 e. The van der Waals surface area contributed by atoms with Crippen molar-refractivity contribution in [1.82, 2.24) is 9.78 Å². The molecule has 0 aliphatic heterocycles. The van der Waals surface area contributed by atoms with Gasteiger partial charge in [-0.1, -0.05) is 12.1 Å². The van der Waals surface area contributed by atoms with Crippen LogP contribution in [0.25, 0.3) is 0 Å². The van der Waals surface area contributed by atoms with E-state index < -0.39 is 0 Å². The fraction of sp³-hybridized carbons (Fsp3) is 0.333. The molecule has 1 aromatic heterocycles. The summed E-state index contributed by atoms with van der Waals surface area (Å²) in [5.41, 5.74) is 3.65. The highest BCUT2D eigenvalue weighted by Crippen LogP contribution is 2.23. The van der Waals surface area contributed by atoms with E-state index in [0.717, 1.165) is 28.4 Å². The molecule has 0 saturated heterocycles. The van der Waals surface area contributed by atoms with Gasteiger partial charge in [0.2, 0.25) is 5.91 Å². The normalized spacial score (nSPS) is 10.4. The molecule has 0 aliphatic rings. The maximum absolute atomic E-state index is 11.0. The topological polar surface area (TPSA) is 56.1 Å². The summed E-state index contributed by atoms with van der Waals surface area (Å²) in [4.78, 5) is 11.0. The highest BCUT2D eigenvalue weighted by molar-refractivity contribution is 5.88. The Morgan fingerprint density at radius 3 is 2.75 bits per heavy atom. The first kappa shape index (κ1) is 14.1. The Morgan fingerprint density at radius 2 is 2.15 bits per heavy atom. The monoisotopic (exact) mass is 273 g/mol. The third kappa shape index (κ3) is 3.17. The predicted octanol–water partition coefficient (Wildman–Crippen LogP) is 2.57. The molecule has 1 N–H and O–H groups in total. The lowest BCUT2D eigenvalue weighted by atomic mass is 10.2. The Morgan fingerprint density at radius 1 is 1.40 bits per heavy atom. The van der Waals surface area contributed by atoms with Gasteiger partial charge in [0.1, 0.15) is 12.3 Å². The molecule has 0 spiro atoms. The van der Waals surface area contributed by atoms with Gasteiger partial charge < -0.3 is 10.1 Å². The molecule has 0 bridgehead atoms. The van der Waals surface area contributed by atoms with E-state index in [1.165, 1.54) is 6.92 Å². The number of aromatic nitrogens is 2. The van der Waals surface area contributed by atoms with E-state index >= 15 is 0 Å². The van der Waals surface area contributed by atoms with Gasteiger partial charge in [-0.15, -0.1) is 0 Å². The first-order chi connectivity index (χ1) is 9.47. The number of amides is 1. The fourth-order valence-electron chi connectivity index (χ4n) is 2.06. The molecule has 2 aromatic rings. The van der Waals surface area contributed by atoms with Crippen molar-refractivity contribution < 1.29 is 9.53 Å². The summed E-state index contributed by atoms with van der Waals surface area (Å²) in [6.07, 6.45) is 0. The second-order valence-corrected chi connectivity index (χ2v) is 4.79. The number of nitrogens with zero attached hydrogens (tertiary/aromatic N) is 2. The predicted molar refractivity (Wildman–Crippen MR) is 77.8 cm³/mol. The number of carbonyl (C=O) groups excluding carboxylic acids is 1. The van der Waals surface area contributed by atoms with Crippen LogP contribution in [0.1, 0.15) is 23.9 Å². The summed E-state index contributed by atoms with van der Waals surface area (Å²) in [6.45, 7) is 5.84. The molecular weight excluding hydrogens is 254 g/mol. The standard InChI is InChI=1S/C15H19N3O2/c1-10-15(11(2)18(4)17-10)20-9-13-6-5-7-14(8-13)16-12(3)19/h5-8H,9H2,1-4H3,(H,16,19). The molecule has 5 heteroatoms. The SMILES string of the molecule is CC(=O)Nc1cccc(COc2c(C)nn(C)c2C)c1. The molecule has 2 rings (SSSR count). The maximum atomic E-state index is 11.0. The van der Waals surface area contributed by atoms with Crippen molar-refractivity contribution in [2.24, 2.45) is 7.05 Å². The molecule has 0 atom stereocenters. The van der Waals surface area contributed by atoms with Crippen molar-refractivity contribution in [3.05, 3.63) is 41.2 Å². The Bertz CT molecular complexity index is 632. The molecule has 0 saturated carbocycles. The number of anilines is 1. The number of rotatable bonds is 4. The zero-order valence-corrected chi connectivity index (χ0v) is 12.2. The Balaban J connectivity index is 2.09. The van der Waals surface area contributed by atoms with Gasteiger partial charge >= 0.3 is 0 Å². The third-order valence-electron chi connectivity index (χ3n) is 3.07. The van der Waals surface area contributed by atoms with E-state index in [9.17, 15) is 4.79 Å². The number of hydrogen-bond acceptors (Lipinski definition) is 3. The van der Waals surface area contributed by atoms with Gasteiger partial charge in [0.25, 0.3) is 0 Å². The van der Waals surface area contributed by atoms with Crippen LogP contribution in [0.15, 0.2) is 24.3 Å². The molecular formula is C15H19N3O2. The quantitative estimate of drug-likeness (QED) is 0.931. The van der Waals surface area contributed by atoms with Crippen molar-refractivity contribution in [3.63, 3.8) is 0 Å². The first-order valence-corrected chi connectivity index (χ1v) is 6.47. The van der Waals surface area contributed by atoms with Crippen LogP contribution in [-0.2, 0) is 18.4 Å². The number of hydrogen-bond donors (Lipinski definition) is 1. The highest BCUT2D eigenvalue weighted by Gasteiger charge is 2.10. The summed E-state index contributed by atoms with van der Waals surface area (Å²) < 4.78 is 7.64. The number of carbonyl (C=O) groups is 1. The minimum atomic E-state index is -0.0815. The average molecular weight is 273 g/mol. The Kier molecular flexibility index (Phi) is 4.08. The van der Waals surface area contributed by atoms with E-state index in [-0.39, 0.29) is 5.91 Å². The van der Waals surface area contributed by atoms with Crippen molar-refractivity contribution in [1.29, 1.82) is 0 Å². The van der Waals surface area contributed by atoms with Crippen LogP contribution in [0.3, 0.4) is 0 Å². The van der Waals surface area contributed by atoms with Gasteiger partial charge in [-0.25, -0.2) is 0 Å². The molecule has 0 fully saturated rings. The molecule has 5 nitrogen and oxygen atoms in total. The number of aryl methyl sites for hydroxylation is 2. The largest absolute Gasteiger partial charge is 0.485 e. The lowest BCUT2D eigenvalue weighted by Gasteiger charge is -2.08. The van der Waals surface area contributed by atoms with Crippen LogP contribution < -0.4 is 10.1 Å². The summed E-state index contributed by atoms with van der Waals surface area (Å²) in [5, 5.41) is 7.07. The Hall–Kier alpha value is -2.30. The summed E-state index contributed by atoms with van der Waals surface area (Å²) in [7, 11) is 1.90. The fourth-order valence-corrected chi connectivity index (χ4v) is 2.06. The molecule has 1 amide bonds. The lowest BCUT2D eigenvalue weighted by molar-refractivity contribution is -0.114. The van der Waals surface area contributed by atoms with Crippen LogP contribution in [-0.4, -0.2) is 15.7 Å². The minimum absolute atomic E-state index is 0.0815. The lowest BCUT2D eigenvalue weighted by Crippen LogP contribution is -2.06. The van der Waals surface area contributed by atoms with E-state index in [2.05, 4.69) is 10.4 Å². The van der Waals surface area contributed by atoms with Crippen molar-refractivity contribution in [2.75, 3.05) is 5.32 Å². The molecule has 106 valence electrons. The molecule has 0 radical (unpaired) electrons. The van der Waals surface area contributed by atoms with E-state index in [1.54, 1.807) is 4.68 Å². The number of benzene rings is 1. The van der Waals surface area contributed by atoms with Gasteiger partial charge in [0.15, 0.2) is 5.75 Å². The minimum Gasteiger partial charge on any atom is -0.485 e. The van der Waals surface area contributed by atoms with Crippen LogP contribution in [0, 0.1) is 13.8 Å². The van der Waals surface area contributed by atoms with Crippen molar-refractivity contribution in [3.8, 4) is 5.75 Å². The molecule has 0 unspecified atom stereocenters. The third-order valence-corrected chi connectivity index (χ3v) is 3.07. The zero-order chi connectivity index (χ0) is 14.7. The smallest absolute Gasteiger partial charge is 0.221 e. The van der Waals surface area contributed by atoms with Crippen molar-refractivity contribution in [2.45, 2.75) is 27.4 Å². The highest BCUT2D eigenvalue weighted by atomic mass is 16.5. The molecule has 0 aliphatic carbocycles. The Labute approximate surface area is 118 Å². The second-order valence-electron chi connectivity index (χ2n) is 4.79. The zero-order valence-electron chi connectivity index (χ0n) is 12.2. The average Bonchev–Trinajstić information content (AvgIpc) is 2.61. The van der Waals surface area contributed by atoms with Gasteiger partial charge in [0, 0.05) is 19.7 Å². The second kappa shape index (κ2) is 5.77. The van der Waals surface area contributed by atoms with E-state index in [0.29, 0.717) is 6.61 Å². The van der Waals surface area contributed by atoms with E-state index in [4.69, 9.17) is 4.74 Å². The van der Waals surface area contributed by atoms with Crippen LogP contribution in [0.5, 0.6) is 5.75 Å². The molecule has 1 aromatic carbocycles. The number of nitrogens with one attached hydrogen (secondary N) is 1. The van der Waals surface area contributed by atoms with Crippen LogP contribution in [0.2, 0.25) is 0 Å². The van der Waals surface area contributed by atoms with Gasteiger partial charge in [-0.2, -0.15) is 5.10 Å². The van der Waals surface area contributed by atoms with Crippen molar-refractivity contribution >= 4 is 11.6 Å². The molecule has 20 heavy (non-hydrogen) atoms. The first-order valence-electron chi connectivity index (χ1n) is 6.47. The molecule has 1 heterocycles.